The van der Waals surface area contributed by atoms with E-state index in [9.17, 15) is 0 Å². The Morgan fingerprint density at radius 3 is 1.96 bits per heavy atom. The Morgan fingerprint density at radius 2 is 1.16 bits per heavy atom. The summed E-state index contributed by atoms with van der Waals surface area (Å²) in [6.45, 7) is 0. The number of hydrogen-bond acceptors (Lipinski definition) is 5. The molecule has 6 nitrogen and oxygen atoms in total. The molecule has 3 aromatic heterocycles. The van der Waals surface area contributed by atoms with Crippen molar-refractivity contribution >= 4 is 77.4 Å². The molecule has 12 rings (SSSR count). The number of furan rings is 2. The van der Waals surface area contributed by atoms with Crippen LogP contribution in [0.5, 0.6) is 0 Å². The summed E-state index contributed by atoms with van der Waals surface area (Å²) < 4.78 is 15.7. The van der Waals surface area contributed by atoms with Gasteiger partial charge in [0, 0.05) is 32.5 Å². The number of aromatic nitrogens is 1. The van der Waals surface area contributed by atoms with E-state index in [1.54, 1.807) is 0 Å². The Kier molecular flexibility index (Phi) is 6.89. The molecule has 6 heteroatoms. The molecule has 0 fully saturated rings. The van der Waals surface area contributed by atoms with Crippen LogP contribution in [0.15, 0.2) is 201 Å². The van der Waals surface area contributed by atoms with Gasteiger partial charge < -0.3 is 18.7 Å². The maximum absolute atomic E-state index is 6.79. The van der Waals surface area contributed by atoms with Crippen LogP contribution in [-0.4, -0.2) is 16.2 Å². The predicted molar refractivity (Wildman–Crippen MR) is 233 cm³/mol. The quantitative estimate of drug-likeness (QED) is 0.192. The Bertz CT molecular complexity index is 3390. The van der Waals surface area contributed by atoms with Crippen LogP contribution >= 0.6 is 0 Å². The number of benzene rings is 8. The van der Waals surface area contributed by atoms with Crippen LogP contribution < -0.4 is 5.32 Å². The van der Waals surface area contributed by atoms with Gasteiger partial charge >= 0.3 is 0 Å². The lowest BCUT2D eigenvalue weighted by Crippen LogP contribution is -2.33. The van der Waals surface area contributed by atoms with Crippen molar-refractivity contribution in [1.82, 2.24) is 9.88 Å². The van der Waals surface area contributed by atoms with E-state index in [1.807, 2.05) is 48.5 Å². The maximum Gasteiger partial charge on any atom is 0.159 e. The van der Waals surface area contributed by atoms with Crippen LogP contribution in [0, 0.1) is 0 Å². The Hall–Kier alpha value is -7.70. The zero-order valence-corrected chi connectivity index (χ0v) is 30.6. The molecule has 0 aliphatic carbocycles. The van der Waals surface area contributed by atoms with Crippen LogP contribution in [0.4, 0.5) is 0 Å². The first-order valence-corrected chi connectivity index (χ1v) is 19.2. The number of rotatable bonds is 5. The monoisotopic (exact) mass is 732 g/mol. The van der Waals surface area contributed by atoms with Crippen molar-refractivity contribution in [3.8, 4) is 16.8 Å². The second-order valence-electron chi connectivity index (χ2n) is 14.6. The highest BCUT2D eigenvalue weighted by Gasteiger charge is 2.24. The molecule has 4 heterocycles. The lowest BCUT2D eigenvalue weighted by Gasteiger charge is -2.23. The Balaban J connectivity index is 0.987. The van der Waals surface area contributed by atoms with Crippen molar-refractivity contribution in [1.29, 1.82) is 0 Å². The summed E-state index contributed by atoms with van der Waals surface area (Å²) in [4.78, 5) is 10.1. The third kappa shape index (κ3) is 4.97. The Labute approximate surface area is 326 Å². The van der Waals surface area contributed by atoms with Gasteiger partial charge in [-0.1, -0.05) is 127 Å². The van der Waals surface area contributed by atoms with E-state index in [-0.39, 0.29) is 6.17 Å². The minimum atomic E-state index is -0.301. The largest absolute Gasteiger partial charge is 0.456 e. The van der Waals surface area contributed by atoms with Gasteiger partial charge in [-0.3, -0.25) is 0 Å². The van der Waals surface area contributed by atoms with E-state index in [2.05, 4.69) is 143 Å². The summed E-state index contributed by atoms with van der Waals surface area (Å²) in [5, 5.41) is 10.3. The molecule has 0 amide bonds. The third-order valence-electron chi connectivity index (χ3n) is 11.3. The van der Waals surface area contributed by atoms with Crippen LogP contribution in [0.2, 0.25) is 0 Å². The van der Waals surface area contributed by atoms with Gasteiger partial charge in [0.25, 0.3) is 0 Å². The lowest BCUT2D eigenvalue weighted by atomic mass is 10.0. The maximum atomic E-state index is 6.79. The number of para-hydroxylation sites is 3. The van der Waals surface area contributed by atoms with Crippen molar-refractivity contribution in [3.05, 3.63) is 199 Å². The Morgan fingerprint density at radius 1 is 0.474 bits per heavy atom. The molecule has 268 valence electrons. The second-order valence-corrected chi connectivity index (χ2v) is 14.6. The predicted octanol–water partition coefficient (Wildman–Crippen LogP) is 12.7. The average molecular weight is 733 g/mol. The molecule has 0 bridgehead atoms. The molecule has 1 atom stereocenters. The average Bonchev–Trinajstić information content (AvgIpc) is 3.96. The molecular weight excluding hydrogens is 701 g/mol. The summed E-state index contributed by atoms with van der Waals surface area (Å²) in [6, 6.07) is 63.2. The van der Waals surface area contributed by atoms with Gasteiger partial charge in [0.2, 0.25) is 0 Å². The highest BCUT2D eigenvalue weighted by Crippen LogP contribution is 2.41. The first-order chi connectivity index (χ1) is 28.2. The fourth-order valence-corrected chi connectivity index (χ4v) is 8.63. The summed E-state index contributed by atoms with van der Waals surface area (Å²) in [7, 11) is 0. The van der Waals surface area contributed by atoms with Crippen LogP contribution in [0.1, 0.15) is 22.9 Å². The zero-order chi connectivity index (χ0) is 37.5. The van der Waals surface area contributed by atoms with Crippen molar-refractivity contribution in [2.75, 3.05) is 0 Å². The molecule has 1 N–H and O–H groups in total. The molecule has 8 aromatic carbocycles. The van der Waals surface area contributed by atoms with Crippen LogP contribution in [-0.2, 0) is 0 Å². The molecule has 0 spiro atoms. The first-order valence-electron chi connectivity index (χ1n) is 19.2. The second kappa shape index (κ2) is 12.4. The molecule has 1 unspecified atom stereocenters. The number of amidine groups is 2. The number of nitrogens with one attached hydrogen (secondary N) is 1. The van der Waals surface area contributed by atoms with Gasteiger partial charge in [-0.25, -0.2) is 9.98 Å². The number of aliphatic imine (C=N–C) groups is 2. The zero-order valence-electron chi connectivity index (χ0n) is 30.6. The lowest BCUT2D eigenvalue weighted by molar-refractivity contribution is 0.660. The molecule has 0 saturated carbocycles. The van der Waals surface area contributed by atoms with Crippen molar-refractivity contribution in [3.63, 3.8) is 0 Å². The first kappa shape index (κ1) is 31.6. The van der Waals surface area contributed by atoms with E-state index in [4.69, 9.17) is 18.8 Å². The molecule has 1 aliphatic rings. The van der Waals surface area contributed by atoms with E-state index in [0.29, 0.717) is 5.84 Å². The van der Waals surface area contributed by atoms with E-state index in [0.717, 1.165) is 83.2 Å². The summed E-state index contributed by atoms with van der Waals surface area (Å²) in [5.74, 6) is 1.40. The van der Waals surface area contributed by atoms with Crippen molar-refractivity contribution in [2.45, 2.75) is 6.17 Å². The van der Waals surface area contributed by atoms with Crippen LogP contribution in [0.25, 0.3) is 82.5 Å². The number of nitrogens with zero attached hydrogens (tertiary/aromatic N) is 3. The highest BCUT2D eigenvalue weighted by atomic mass is 16.3. The minimum Gasteiger partial charge on any atom is -0.456 e. The smallest absolute Gasteiger partial charge is 0.159 e. The third-order valence-corrected chi connectivity index (χ3v) is 11.3. The fourth-order valence-electron chi connectivity index (χ4n) is 8.63. The van der Waals surface area contributed by atoms with E-state index < -0.39 is 0 Å². The van der Waals surface area contributed by atoms with Gasteiger partial charge in [0.05, 0.1) is 27.7 Å². The normalized spacial score (nSPS) is 14.5. The SMILES string of the molecule is c1ccc(C2=NC(c3ccccc3)NC(c3cccc4c3oc3cc(-c5ccc6oc7cccc(-n8c9ccccc9c9ccccc98)c7c6c5)ccc34)=N2)cc1. The molecule has 0 radical (unpaired) electrons. The van der Waals surface area contributed by atoms with Gasteiger partial charge in [-0.05, 0) is 71.3 Å². The minimum absolute atomic E-state index is 0.301. The standard InChI is InChI=1S/C51H32N4O2/c1-3-13-31(14-4-1)49-52-50(32-15-5-2-6-16-32)54-51(53-49)39-20-11-19-38-37-27-25-34(30-46(37)57-48(38)39)33-26-28-44-40(29-33)47-43(23-12-24-45(47)56-44)55-41-21-9-7-17-35(41)36-18-8-10-22-42(36)55/h1-30,49H,(H,52,53,54). The van der Waals surface area contributed by atoms with Crippen LogP contribution in [0.3, 0.4) is 0 Å². The summed E-state index contributed by atoms with van der Waals surface area (Å²) >= 11 is 0. The molecule has 11 aromatic rings. The molecule has 0 saturated heterocycles. The number of hydrogen-bond donors (Lipinski definition) is 1. The van der Waals surface area contributed by atoms with Crippen molar-refractivity contribution in [2.24, 2.45) is 9.98 Å². The van der Waals surface area contributed by atoms with Gasteiger partial charge in [-0.2, -0.15) is 0 Å². The fraction of sp³-hybridized carbons (Fsp3) is 0.0196. The van der Waals surface area contributed by atoms with Crippen molar-refractivity contribution < 1.29 is 8.83 Å². The van der Waals surface area contributed by atoms with Gasteiger partial charge in [0.1, 0.15) is 34.3 Å². The highest BCUT2D eigenvalue weighted by molar-refractivity contribution is 6.20. The molecule has 1 aliphatic heterocycles. The van der Waals surface area contributed by atoms with E-state index in [1.165, 1.54) is 21.8 Å². The topological polar surface area (TPSA) is 68.0 Å². The summed E-state index contributed by atoms with van der Waals surface area (Å²) in [6.07, 6.45) is -0.301. The summed E-state index contributed by atoms with van der Waals surface area (Å²) in [5.41, 5.74) is 11.8. The van der Waals surface area contributed by atoms with Gasteiger partial charge in [-0.15, -0.1) is 0 Å². The van der Waals surface area contributed by atoms with E-state index >= 15 is 0 Å². The number of fused-ring (bicyclic) bond motifs is 9. The molecule has 57 heavy (non-hydrogen) atoms. The van der Waals surface area contributed by atoms with Gasteiger partial charge in [0.15, 0.2) is 5.84 Å². The molecular formula is C51H32N4O2.